The van der Waals surface area contributed by atoms with Crippen molar-refractivity contribution in [2.75, 3.05) is 18.5 Å². The molecular formula is C17H23N3. The van der Waals surface area contributed by atoms with Crippen LogP contribution < -0.4 is 10.6 Å². The van der Waals surface area contributed by atoms with Gasteiger partial charge in [-0.05, 0) is 43.2 Å². The van der Waals surface area contributed by atoms with Crippen molar-refractivity contribution in [2.45, 2.75) is 25.8 Å². The van der Waals surface area contributed by atoms with Crippen LogP contribution in [0.5, 0.6) is 0 Å². The van der Waals surface area contributed by atoms with Gasteiger partial charge in [0.25, 0.3) is 0 Å². The molecule has 0 saturated heterocycles. The van der Waals surface area contributed by atoms with E-state index in [4.69, 9.17) is 5.73 Å². The zero-order chi connectivity index (χ0) is 14.4. The van der Waals surface area contributed by atoms with Gasteiger partial charge in [-0.1, -0.05) is 18.2 Å². The topological polar surface area (TPSA) is 42.1 Å². The van der Waals surface area contributed by atoms with Gasteiger partial charge in [-0.3, -0.25) is 4.98 Å². The molecule has 0 aliphatic heterocycles. The summed E-state index contributed by atoms with van der Waals surface area (Å²) < 4.78 is 0. The Hall–Kier alpha value is -1.87. The smallest absolute Gasteiger partial charge is 0.0421 e. The lowest BCUT2D eigenvalue weighted by Gasteiger charge is -2.19. The molecule has 0 amide bonds. The number of rotatable bonds is 6. The highest BCUT2D eigenvalue weighted by molar-refractivity contribution is 5.47. The average Bonchev–Trinajstić information content (AvgIpc) is 2.46. The Morgan fingerprint density at radius 2 is 1.90 bits per heavy atom. The zero-order valence-corrected chi connectivity index (χ0v) is 12.3. The van der Waals surface area contributed by atoms with E-state index < -0.39 is 0 Å². The van der Waals surface area contributed by atoms with E-state index in [1.165, 1.54) is 11.3 Å². The van der Waals surface area contributed by atoms with E-state index >= 15 is 0 Å². The van der Waals surface area contributed by atoms with Crippen LogP contribution in [0.3, 0.4) is 0 Å². The number of benzene rings is 1. The number of nitrogens with two attached hydrogens (primary N) is 1. The molecule has 2 aromatic rings. The molecule has 0 aliphatic carbocycles. The highest BCUT2D eigenvalue weighted by Crippen LogP contribution is 2.15. The lowest BCUT2D eigenvalue weighted by Crippen LogP contribution is -2.21. The van der Waals surface area contributed by atoms with Crippen LogP contribution in [0.1, 0.15) is 18.2 Å². The molecular weight excluding hydrogens is 246 g/mol. The number of hydrogen-bond acceptors (Lipinski definition) is 3. The fraction of sp³-hybridized carbons (Fsp3) is 0.353. The van der Waals surface area contributed by atoms with E-state index in [1.54, 1.807) is 0 Å². The zero-order valence-electron chi connectivity index (χ0n) is 12.3. The minimum atomic E-state index is 0.211. The summed E-state index contributed by atoms with van der Waals surface area (Å²) >= 11 is 0. The van der Waals surface area contributed by atoms with E-state index in [9.17, 15) is 0 Å². The van der Waals surface area contributed by atoms with Gasteiger partial charge in [0.05, 0.1) is 0 Å². The van der Waals surface area contributed by atoms with Crippen molar-refractivity contribution in [1.29, 1.82) is 0 Å². The van der Waals surface area contributed by atoms with E-state index in [2.05, 4.69) is 47.3 Å². The summed E-state index contributed by atoms with van der Waals surface area (Å²) in [6.07, 6.45) is 3.73. The van der Waals surface area contributed by atoms with Gasteiger partial charge in [-0.15, -0.1) is 0 Å². The molecule has 1 aromatic carbocycles. The van der Waals surface area contributed by atoms with Crippen molar-refractivity contribution in [3.63, 3.8) is 0 Å². The van der Waals surface area contributed by atoms with Gasteiger partial charge in [0.15, 0.2) is 0 Å². The molecule has 3 heteroatoms. The Morgan fingerprint density at radius 1 is 1.15 bits per heavy atom. The summed E-state index contributed by atoms with van der Waals surface area (Å²) in [5, 5.41) is 0. The third-order valence-corrected chi connectivity index (χ3v) is 3.36. The quantitative estimate of drug-likeness (QED) is 0.876. The molecule has 2 N–H and O–H groups in total. The molecule has 0 spiro atoms. The second kappa shape index (κ2) is 7.06. The standard InChI is InChI=1S/C17H23N3/c1-14(18)13-15-6-8-17(9-7-15)20(2)12-10-16-5-3-4-11-19-16/h3-9,11,14H,10,12-13,18H2,1-2H3. The van der Waals surface area contributed by atoms with Gasteiger partial charge in [-0.2, -0.15) is 0 Å². The van der Waals surface area contributed by atoms with Gasteiger partial charge in [0.2, 0.25) is 0 Å². The first-order chi connectivity index (χ1) is 9.65. The Labute approximate surface area is 121 Å². The molecule has 20 heavy (non-hydrogen) atoms. The van der Waals surface area contributed by atoms with E-state index in [1.807, 2.05) is 25.3 Å². The molecule has 1 atom stereocenters. The van der Waals surface area contributed by atoms with Crippen molar-refractivity contribution < 1.29 is 0 Å². The SMILES string of the molecule is CC(N)Cc1ccc(N(C)CCc2ccccn2)cc1. The molecule has 0 aliphatic rings. The van der Waals surface area contributed by atoms with Crippen molar-refractivity contribution in [3.8, 4) is 0 Å². The fourth-order valence-corrected chi connectivity index (χ4v) is 2.22. The van der Waals surface area contributed by atoms with Gasteiger partial charge >= 0.3 is 0 Å². The molecule has 0 radical (unpaired) electrons. The summed E-state index contributed by atoms with van der Waals surface area (Å²) in [5.74, 6) is 0. The Balaban J connectivity index is 1.90. The maximum Gasteiger partial charge on any atom is 0.0421 e. The van der Waals surface area contributed by atoms with Crippen LogP contribution in [0.15, 0.2) is 48.7 Å². The molecule has 106 valence electrons. The van der Waals surface area contributed by atoms with Crippen LogP contribution in [0.4, 0.5) is 5.69 Å². The molecule has 1 aromatic heterocycles. The van der Waals surface area contributed by atoms with Crippen LogP contribution in [-0.2, 0) is 12.8 Å². The highest BCUT2D eigenvalue weighted by atomic mass is 15.1. The molecule has 3 nitrogen and oxygen atoms in total. The minimum absolute atomic E-state index is 0.211. The Bertz CT molecular complexity index is 506. The molecule has 0 fully saturated rings. The maximum absolute atomic E-state index is 5.82. The number of anilines is 1. The van der Waals surface area contributed by atoms with Crippen LogP contribution in [0.2, 0.25) is 0 Å². The Kier molecular flexibility index (Phi) is 5.13. The van der Waals surface area contributed by atoms with Crippen molar-refractivity contribution in [1.82, 2.24) is 4.98 Å². The normalized spacial score (nSPS) is 12.2. The minimum Gasteiger partial charge on any atom is -0.374 e. The first-order valence-electron chi connectivity index (χ1n) is 7.10. The molecule has 1 heterocycles. The van der Waals surface area contributed by atoms with Crippen LogP contribution in [0.25, 0.3) is 0 Å². The van der Waals surface area contributed by atoms with Crippen LogP contribution in [-0.4, -0.2) is 24.6 Å². The summed E-state index contributed by atoms with van der Waals surface area (Å²) in [5.41, 5.74) is 9.47. The highest BCUT2D eigenvalue weighted by Gasteiger charge is 2.03. The molecule has 2 rings (SSSR count). The monoisotopic (exact) mass is 269 g/mol. The summed E-state index contributed by atoms with van der Waals surface area (Å²) in [4.78, 5) is 6.60. The predicted molar refractivity (Wildman–Crippen MR) is 85.0 cm³/mol. The number of pyridine rings is 1. The molecule has 0 bridgehead atoms. The van der Waals surface area contributed by atoms with Crippen molar-refractivity contribution in [2.24, 2.45) is 5.73 Å². The van der Waals surface area contributed by atoms with E-state index in [-0.39, 0.29) is 6.04 Å². The predicted octanol–water partition coefficient (Wildman–Crippen LogP) is 2.65. The first kappa shape index (κ1) is 14.5. The third kappa shape index (κ3) is 4.35. The van der Waals surface area contributed by atoms with E-state index in [0.29, 0.717) is 0 Å². The summed E-state index contributed by atoms with van der Waals surface area (Å²) in [6, 6.07) is 14.9. The lowest BCUT2D eigenvalue weighted by atomic mass is 10.1. The number of nitrogens with zero attached hydrogens (tertiary/aromatic N) is 2. The van der Waals surface area contributed by atoms with Crippen LogP contribution >= 0.6 is 0 Å². The largest absolute Gasteiger partial charge is 0.374 e. The van der Waals surface area contributed by atoms with Crippen molar-refractivity contribution >= 4 is 5.69 Å². The molecule has 1 unspecified atom stereocenters. The number of aromatic nitrogens is 1. The third-order valence-electron chi connectivity index (χ3n) is 3.36. The Morgan fingerprint density at radius 3 is 2.50 bits per heavy atom. The number of likely N-dealkylation sites (N-methyl/N-ethyl adjacent to an activating group) is 1. The second-order valence-electron chi connectivity index (χ2n) is 5.34. The van der Waals surface area contributed by atoms with Gasteiger partial charge in [-0.25, -0.2) is 0 Å². The summed E-state index contributed by atoms with van der Waals surface area (Å²) in [6.45, 7) is 3.00. The second-order valence-corrected chi connectivity index (χ2v) is 5.34. The maximum atomic E-state index is 5.82. The fourth-order valence-electron chi connectivity index (χ4n) is 2.22. The molecule has 0 saturated carbocycles. The lowest BCUT2D eigenvalue weighted by molar-refractivity contribution is 0.738. The van der Waals surface area contributed by atoms with Gasteiger partial charge in [0, 0.05) is 43.6 Å². The summed E-state index contributed by atoms with van der Waals surface area (Å²) in [7, 11) is 2.11. The van der Waals surface area contributed by atoms with E-state index in [0.717, 1.165) is 25.1 Å². The first-order valence-corrected chi connectivity index (χ1v) is 7.10. The van der Waals surface area contributed by atoms with Crippen LogP contribution in [0, 0.1) is 0 Å². The average molecular weight is 269 g/mol. The van der Waals surface area contributed by atoms with Gasteiger partial charge < -0.3 is 10.6 Å². The van der Waals surface area contributed by atoms with Gasteiger partial charge in [0.1, 0.15) is 0 Å². The van der Waals surface area contributed by atoms with Crippen molar-refractivity contribution in [3.05, 3.63) is 59.9 Å². The number of hydrogen-bond donors (Lipinski definition) is 1.